The molecule has 1 rings (SSSR count). The van der Waals surface area contributed by atoms with Crippen molar-refractivity contribution in [3.63, 3.8) is 0 Å². The summed E-state index contributed by atoms with van der Waals surface area (Å²) in [6, 6.07) is 3.47. The average molecular weight is 300 g/mol. The van der Waals surface area contributed by atoms with Gasteiger partial charge in [0.05, 0.1) is 10.5 Å². The standard InChI is InChI=1S/C14H24N2O3S/c1-5-10-7-12(15)11(6-2)13(8-10)20(18,19)16-9-14(3,4)17/h7-8,16-17H,5-6,9,15H2,1-4H3. The molecule has 0 aliphatic carbocycles. The Bertz CT molecular complexity index is 575. The highest BCUT2D eigenvalue weighted by Gasteiger charge is 2.23. The molecular weight excluding hydrogens is 276 g/mol. The van der Waals surface area contributed by atoms with E-state index in [9.17, 15) is 13.5 Å². The number of hydrogen-bond acceptors (Lipinski definition) is 4. The van der Waals surface area contributed by atoms with E-state index < -0.39 is 15.6 Å². The second-order valence-electron chi connectivity index (χ2n) is 5.51. The molecule has 114 valence electrons. The Morgan fingerprint density at radius 1 is 1.25 bits per heavy atom. The molecule has 0 saturated carbocycles. The van der Waals surface area contributed by atoms with Crippen molar-refractivity contribution in [3.05, 3.63) is 23.3 Å². The summed E-state index contributed by atoms with van der Waals surface area (Å²) < 4.78 is 27.2. The van der Waals surface area contributed by atoms with Crippen LogP contribution >= 0.6 is 0 Å². The Morgan fingerprint density at radius 2 is 1.85 bits per heavy atom. The van der Waals surface area contributed by atoms with E-state index in [1.54, 1.807) is 19.9 Å². The number of nitrogen functional groups attached to an aromatic ring is 1. The minimum atomic E-state index is -3.68. The van der Waals surface area contributed by atoms with Gasteiger partial charge in [0.1, 0.15) is 0 Å². The Morgan fingerprint density at radius 3 is 2.30 bits per heavy atom. The third kappa shape index (κ3) is 4.19. The van der Waals surface area contributed by atoms with Crippen molar-refractivity contribution in [1.29, 1.82) is 0 Å². The van der Waals surface area contributed by atoms with Crippen LogP contribution in [-0.4, -0.2) is 25.7 Å². The van der Waals surface area contributed by atoms with Crippen molar-refractivity contribution in [3.8, 4) is 0 Å². The van der Waals surface area contributed by atoms with Gasteiger partial charge in [-0.05, 0) is 49.9 Å². The summed E-state index contributed by atoms with van der Waals surface area (Å²) in [4.78, 5) is 0.209. The largest absolute Gasteiger partial charge is 0.398 e. The van der Waals surface area contributed by atoms with Crippen molar-refractivity contribution >= 4 is 15.7 Å². The quantitative estimate of drug-likeness (QED) is 0.693. The molecule has 20 heavy (non-hydrogen) atoms. The molecule has 0 heterocycles. The lowest BCUT2D eigenvalue weighted by Crippen LogP contribution is -2.38. The molecule has 0 bridgehead atoms. The fraction of sp³-hybridized carbons (Fsp3) is 0.571. The number of anilines is 1. The highest BCUT2D eigenvalue weighted by atomic mass is 32.2. The van der Waals surface area contributed by atoms with E-state index in [1.807, 2.05) is 19.9 Å². The Labute approximate surface area is 121 Å². The predicted molar refractivity (Wildman–Crippen MR) is 81.1 cm³/mol. The lowest BCUT2D eigenvalue weighted by Gasteiger charge is -2.19. The van der Waals surface area contributed by atoms with Crippen LogP contribution in [0.15, 0.2) is 17.0 Å². The molecule has 1 aromatic rings. The summed E-state index contributed by atoms with van der Waals surface area (Å²) in [5.41, 5.74) is 6.83. The zero-order chi connectivity index (χ0) is 15.6. The number of rotatable bonds is 6. The van der Waals surface area contributed by atoms with Gasteiger partial charge in [-0.1, -0.05) is 13.8 Å². The van der Waals surface area contributed by atoms with Crippen LogP contribution in [0.1, 0.15) is 38.8 Å². The van der Waals surface area contributed by atoms with Gasteiger partial charge < -0.3 is 10.8 Å². The SMILES string of the molecule is CCc1cc(N)c(CC)c(S(=O)(=O)NCC(C)(C)O)c1. The lowest BCUT2D eigenvalue weighted by molar-refractivity contribution is 0.0857. The molecule has 0 amide bonds. The number of hydrogen-bond donors (Lipinski definition) is 3. The van der Waals surface area contributed by atoms with E-state index in [0.717, 1.165) is 5.56 Å². The van der Waals surface area contributed by atoms with E-state index in [0.29, 0.717) is 24.1 Å². The summed E-state index contributed by atoms with van der Waals surface area (Å²) in [5.74, 6) is 0. The molecule has 6 heteroatoms. The molecule has 0 radical (unpaired) electrons. The van der Waals surface area contributed by atoms with E-state index in [4.69, 9.17) is 5.73 Å². The molecule has 0 unspecified atom stereocenters. The van der Waals surface area contributed by atoms with Gasteiger partial charge in [0, 0.05) is 12.2 Å². The summed E-state index contributed by atoms with van der Waals surface area (Å²) in [6.07, 6.45) is 1.25. The maximum atomic E-state index is 12.4. The van der Waals surface area contributed by atoms with Crippen LogP contribution in [0.3, 0.4) is 0 Å². The number of nitrogens with one attached hydrogen (secondary N) is 1. The van der Waals surface area contributed by atoms with Crippen LogP contribution < -0.4 is 10.5 Å². The van der Waals surface area contributed by atoms with E-state index in [-0.39, 0.29) is 11.4 Å². The molecule has 0 aliphatic heterocycles. The Kier molecular flexibility index (Phi) is 5.18. The molecule has 1 aromatic carbocycles. The number of nitrogens with two attached hydrogens (primary N) is 1. The average Bonchev–Trinajstić information content (AvgIpc) is 2.34. The van der Waals surface area contributed by atoms with Gasteiger partial charge in [-0.2, -0.15) is 0 Å². The molecule has 0 aliphatic rings. The van der Waals surface area contributed by atoms with E-state index in [1.165, 1.54) is 0 Å². The molecule has 4 N–H and O–H groups in total. The third-order valence-electron chi connectivity index (χ3n) is 3.05. The number of aliphatic hydroxyl groups is 1. The first kappa shape index (κ1) is 16.9. The first-order valence-electron chi connectivity index (χ1n) is 6.74. The van der Waals surface area contributed by atoms with Crippen molar-refractivity contribution in [2.75, 3.05) is 12.3 Å². The maximum absolute atomic E-state index is 12.4. The van der Waals surface area contributed by atoms with E-state index >= 15 is 0 Å². The summed E-state index contributed by atoms with van der Waals surface area (Å²) >= 11 is 0. The minimum Gasteiger partial charge on any atom is -0.398 e. The van der Waals surface area contributed by atoms with Crippen LogP contribution in [-0.2, 0) is 22.9 Å². The first-order valence-corrected chi connectivity index (χ1v) is 8.22. The Hall–Kier alpha value is -1.11. The van der Waals surface area contributed by atoms with Crippen LogP contribution in [0.4, 0.5) is 5.69 Å². The van der Waals surface area contributed by atoms with E-state index in [2.05, 4.69) is 4.72 Å². The topological polar surface area (TPSA) is 92.4 Å². The van der Waals surface area contributed by atoms with Crippen LogP contribution in [0.5, 0.6) is 0 Å². The fourth-order valence-corrected chi connectivity index (χ4v) is 3.49. The van der Waals surface area contributed by atoms with Gasteiger partial charge in [0.25, 0.3) is 0 Å². The van der Waals surface area contributed by atoms with Gasteiger partial charge in [0.15, 0.2) is 0 Å². The third-order valence-corrected chi connectivity index (χ3v) is 4.52. The maximum Gasteiger partial charge on any atom is 0.241 e. The van der Waals surface area contributed by atoms with Crippen molar-refractivity contribution in [2.45, 2.75) is 51.0 Å². The van der Waals surface area contributed by atoms with Crippen LogP contribution in [0.25, 0.3) is 0 Å². The van der Waals surface area contributed by atoms with Gasteiger partial charge in [-0.3, -0.25) is 0 Å². The van der Waals surface area contributed by atoms with Gasteiger partial charge in [0.2, 0.25) is 10.0 Å². The minimum absolute atomic E-state index is 0.0469. The summed E-state index contributed by atoms with van der Waals surface area (Å²) in [6.45, 7) is 6.86. The molecule has 5 nitrogen and oxygen atoms in total. The second kappa shape index (κ2) is 6.11. The van der Waals surface area contributed by atoms with Crippen LogP contribution in [0, 0.1) is 0 Å². The molecule has 0 saturated heterocycles. The highest BCUT2D eigenvalue weighted by Crippen LogP contribution is 2.25. The molecule has 0 atom stereocenters. The predicted octanol–water partition coefficient (Wildman–Crippen LogP) is 1.44. The first-order chi connectivity index (χ1) is 9.10. The summed E-state index contributed by atoms with van der Waals surface area (Å²) in [5, 5.41) is 9.66. The number of sulfonamides is 1. The molecule has 0 fully saturated rings. The monoisotopic (exact) mass is 300 g/mol. The molecule has 0 aromatic heterocycles. The zero-order valence-corrected chi connectivity index (χ0v) is 13.3. The Balaban J connectivity index is 3.26. The van der Waals surface area contributed by atoms with Crippen LogP contribution in [0.2, 0.25) is 0 Å². The zero-order valence-electron chi connectivity index (χ0n) is 12.5. The summed E-state index contributed by atoms with van der Waals surface area (Å²) in [7, 11) is -3.68. The van der Waals surface area contributed by atoms with Crippen molar-refractivity contribution < 1.29 is 13.5 Å². The fourth-order valence-electron chi connectivity index (χ4n) is 1.90. The van der Waals surface area contributed by atoms with Crippen molar-refractivity contribution in [1.82, 2.24) is 4.72 Å². The highest BCUT2D eigenvalue weighted by molar-refractivity contribution is 7.89. The van der Waals surface area contributed by atoms with Gasteiger partial charge in [-0.15, -0.1) is 0 Å². The normalized spacial score (nSPS) is 12.7. The lowest BCUT2D eigenvalue weighted by atomic mass is 10.1. The van der Waals surface area contributed by atoms with Gasteiger partial charge in [-0.25, -0.2) is 13.1 Å². The molecule has 0 spiro atoms. The van der Waals surface area contributed by atoms with Gasteiger partial charge >= 0.3 is 0 Å². The smallest absolute Gasteiger partial charge is 0.241 e. The number of aryl methyl sites for hydroxylation is 1. The number of benzene rings is 1. The second-order valence-corrected chi connectivity index (χ2v) is 7.24. The van der Waals surface area contributed by atoms with Crippen molar-refractivity contribution in [2.24, 2.45) is 0 Å². The molecular formula is C14H24N2O3S.